The van der Waals surface area contributed by atoms with E-state index in [1.54, 1.807) is 11.0 Å². The van der Waals surface area contributed by atoms with Gasteiger partial charge in [-0.3, -0.25) is 19.4 Å². The maximum Gasteiger partial charge on any atom is 0.265 e. The molecule has 196 valence electrons. The molecular formula is C30H31FN4O2S. The fourth-order valence-corrected chi connectivity index (χ4v) is 5.83. The molecule has 6 nitrogen and oxygen atoms in total. The van der Waals surface area contributed by atoms with Gasteiger partial charge in [0, 0.05) is 37.6 Å². The largest absolute Gasteiger partial charge is 0.367 e. The van der Waals surface area contributed by atoms with Crippen molar-refractivity contribution in [1.82, 2.24) is 10.2 Å². The van der Waals surface area contributed by atoms with E-state index in [-0.39, 0.29) is 24.2 Å². The number of nitrogens with one attached hydrogen (secondary N) is 1. The topological polar surface area (TPSA) is 55.9 Å². The normalized spacial score (nSPS) is 17.0. The number of thioether (sulfide) groups is 1. The van der Waals surface area contributed by atoms with Crippen LogP contribution in [0.3, 0.4) is 0 Å². The molecule has 2 aliphatic rings. The predicted molar refractivity (Wildman–Crippen MR) is 152 cm³/mol. The zero-order valence-corrected chi connectivity index (χ0v) is 22.0. The molecule has 1 saturated heterocycles. The summed E-state index contributed by atoms with van der Waals surface area (Å²) in [7, 11) is 0. The van der Waals surface area contributed by atoms with Crippen molar-refractivity contribution in [3.8, 4) is 0 Å². The number of halogens is 1. The van der Waals surface area contributed by atoms with Gasteiger partial charge in [0.15, 0.2) is 0 Å². The van der Waals surface area contributed by atoms with Gasteiger partial charge in [-0.1, -0.05) is 66.4 Å². The summed E-state index contributed by atoms with van der Waals surface area (Å²) in [4.78, 5) is 33.7. The second-order valence-corrected chi connectivity index (χ2v) is 10.4. The fourth-order valence-electron chi connectivity index (χ4n) is 4.77. The number of hydrogen-bond acceptors (Lipinski definition) is 5. The first kappa shape index (κ1) is 26.0. The molecule has 2 amide bonds. The first-order chi connectivity index (χ1) is 18.6. The number of carbonyl (C=O) groups is 2. The second kappa shape index (κ2) is 12.3. The standard InChI is InChI=1S/C30H31FN4O2S/c31-24-11-4-5-12-25(24)34-19-17-33(18-20-34)16-8-15-32-29(36)22-35-26-13-6-7-14-27(26)38-28(30(35)37)21-23-9-2-1-3-10-23/h1-7,9-14,21H,8,15-20,22H2,(H,32,36)/b28-21-. The molecule has 5 rings (SSSR count). The lowest BCUT2D eigenvalue weighted by Crippen LogP contribution is -2.47. The average Bonchev–Trinajstić information content (AvgIpc) is 2.95. The monoisotopic (exact) mass is 530 g/mol. The van der Waals surface area contributed by atoms with Gasteiger partial charge in [0.2, 0.25) is 5.91 Å². The van der Waals surface area contributed by atoms with E-state index in [0.717, 1.165) is 55.3 Å². The molecule has 3 aromatic rings. The van der Waals surface area contributed by atoms with Crippen molar-refractivity contribution in [2.75, 3.05) is 55.6 Å². The van der Waals surface area contributed by atoms with Crippen molar-refractivity contribution in [1.29, 1.82) is 0 Å². The van der Waals surface area contributed by atoms with Crippen molar-refractivity contribution in [2.24, 2.45) is 0 Å². The van der Waals surface area contributed by atoms with E-state index >= 15 is 0 Å². The lowest BCUT2D eigenvalue weighted by Gasteiger charge is -2.36. The van der Waals surface area contributed by atoms with E-state index < -0.39 is 0 Å². The van der Waals surface area contributed by atoms with Gasteiger partial charge in [-0.25, -0.2) is 4.39 Å². The third-order valence-corrected chi connectivity index (χ3v) is 7.85. The van der Waals surface area contributed by atoms with Crippen LogP contribution in [-0.2, 0) is 9.59 Å². The highest BCUT2D eigenvalue weighted by Crippen LogP contribution is 2.41. The first-order valence-corrected chi connectivity index (χ1v) is 13.7. The van der Waals surface area contributed by atoms with Gasteiger partial charge in [0.25, 0.3) is 5.91 Å². The minimum absolute atomic E-state index is 0.0240. The van der Waals surface area contributed by atoms with Crippen LogP contribution >= 0.6 is 11.8 Å². The van der Waals surface area contributed by atoms with Crippen molar-refractivity contribution in [3.05, 3.63) is 95.1 Å². The van der Waals surface area contributed by atoms with Gasteiger partial charge in [0.05, 0.1) is 16.3 Å². The third-order valence-electron chi connectivity index (χ3n) is 6.77. The van der Waals surface area contributed by atoms with Crippen molar-refractivity contribution in [2.45, 2.75) is 11.3 Å². The Hall–Kier alpha value is -3.62. The Balaban J connectivity index is 1.11. The van der Waals surface area contributed by atoms with E-state index in [1.165, 1.54) is 17.8 Å². The Kier molecular flexibility index (Phi) is 8.41. The van der Waals surface area contributed by atoms with Crippen LogP contribution in [0.2, 0.25) is 0 Å². The van der Waals surface area contributed by atoms with Gasteiger partial charge < -0.3 is 10.2 Å². The van der Waals surface area contributed by atoms with Crippen LogP contribution < -0.4 is 15.1 Å². The highest BCUT2D eigenvalue weighted by atomic mass is 32.2. The molecule has 0 atom stereocenters. The molecule has 1 fully saturated rings. The number of hydrogen-bond donors (Lipinski definition) is 1. The molecule has 0 saturated carbocycles. The number of carbonyl (C=O) groups excluding carboxylic acids is 2. The Morgan fingerprint density at radius 1 is 0.895 bits per heavy atom. The molecule has 0 bridgehead atoms. The summed E-state index contributed by atoms with van der Waals surface area (Å²) in [5.41, 5.74) is 2.37. The molecule has 38 heavy (non-hydrogen) atoms. The summed E-state index contributed by atoms with van der Waals surface area (Å²) >= 11 is 1.44. The Morgan fingerprint density at radius 3 is 2.34 bits per heavy atom. The van der Waals surface area contributed by atoms with E-state index in [0.29, 0.717) is 17.1 Å². The molecule has 0 unspecified atom stereocenters. The molecule has 8 heteroatoms. The molecule has 2 aliphatic heterocycles. The second-order valence-electron chi connectivity index (χ2n) is 9.36. The number of rotatable bonds is 8. The summed E-state index contributed by atoms with van der Waals surface area (Å²) in [5.74, 6) is -0.524. The summed E-state index contributed by atoms with van der Waals surface area (Å²) in [5, 5.41) is 2.98. The van der Waals surface area contributed by atoms with Crippen molar-refractivity contribution >= 4 is 41.0 Å². The highest BCUT2D eigenvalue weighted by Gasteiger charge is 2.30. The summed E-state index contributed by atoms with van der Waals surface area (Å²) in [6.07, 6.45) is 2.69. The average molecular weight is 531 g/mol. The minimum atomic E-state index is -0.181. The van der Waals surface area contributed by atoms with E-state index in [4.69, 9.17) is 0 Å². The Bertz CT molecular complexity index is 1310. The van der Waals surface area contributed by atoms with Gasteiger partial charge in [-0.15, -0.1) is 0 Å². The number of fused-ring (bicyclic) bond motifs is 1. The van der Waals surface area contributed by atoms with Gasteiger partial charge in [-0.05, 0) is 48.9 Å². The van der Waals surface area contributed by atoms with Crippen LogP contribution in [0.1, 0.15) is 12.0 Å². The molecule has 1 N–H and O–H groups in total. The number of anilines is 2. The summed E-state index contributed by atoms with van der Waals surface area (Å²) in [6.45, 7) is 4.64. The van der Waals surface area contributed by atoms with Gasteiger partial charge in [-0.2, -0.15) is 0 Å². The zero-order chi connectivity index (χ0) is 26.3. The van der Waals surface area contributed by atoms with Crippen LogP contribution in [-0.4, -0.2) is 62.5 Å². The molecular weight excluding hydrogens is 499 g/mol. The van der Waals surface area contributed by atoms with Crippen LogP contribution in [0.5, 0.6) is 0 Å². The lowest BCUT2D eigenvalue weighted by atomic mass is 10.2. The highest BCUT2D eigenvalue weighted by molar-refractivity contribution is 8.04. The third kappa shape index (κ3) is 6.26. The molecule has 2 heterocycles. The van der Waals surface area contributed by atoms with Crippen molar-refractivity contribution < 1.29 is 14.0 Å². The van der Waals surface area contributed by atoms with Gasteiger partial charge >= 0.3 is 0 Å². The SMILES string of the molecule is O=C(CN1C(=O)/C(=C/c2ccccc2)Sc2ccccc21)NCCCN1CCN(c2ccccc2F)CC1. The predicted octanol–water partition coefficient (Wildman–Crippen LogP) is 4.63. The van der Waals surface area contributed by atoms with Crippen LogP contribution in [0.4, 0.5) is 15.8 Å². The van der Waals surface area contributed by atoms with Crippen LogP contribution in [0.25, 0.3) is 6.08 Å². The van der Waals surface area contributed by atoms with E-state index in [2.05, 4.69) is 15.1 Å². The number of amides is 2. The molecule has 0 spiro atoms. The minimum Gasteiger partial charge on any atom is -0.367 e. The number of piperazine rings is 1. The lowest BCUT2D eigenvalue weighted by molar-refractivity contribution is -0.122. The van der Waals surface area contributed by atoms with E-state index in [1.807, 2.05) is 72.8 Å². The number of nitrogens with zero attached hydrogens (tertiary/aromatic N) is 3. The summed E-state index contributed by atoms with van der Waals surface area (Å²) in [6, 6.07) is 24.3. The fraction of sp³-hybridized carbons (Fsp3) is 0.267. The van der Waals surface area contributed by atoms with Crippen LogP contribution in [0, 0.1) is 5.82 Å². The Morgan fingerprint density at radius 2 is 1.58 bits per heavy atom. The number of benzene rings is 3. The van der Waals surface area contributed by atoms with Gasteiger partial charge in [0.1, 0.15) is 12.4 Å². The zero-order valence-electron chi connectivity index (χ0n) is 21.2. The van der Waals surface area contributed by atoms with E-state index in [9.17, 15) is 14.0 Å². The maximum atomic E-state index is 14.1. The molecule has 0 aliphatic carbocycles. The quantitative estimate of drug-likeness (QED) is 0.340. The Labute approximate surface area is 227 Å². The van der Waals surface area contributed by atoms with Crippen LogP contribution in [0.15, 0.2) is 88.7 Å². The molecule has 0 radical (unpaired) electrons. The maximum absolute atomic E-state index is 14.1. The molecule has 3 aromatic carbocycles. The number of para-hydroxylation sites is 2. The van der Waals surface area contributed by atoms with Crippen molar-refractivity contribution in [3.63, 3.8) is 0 Å². The smallest absolute Gasteiger partial charge is 0.265 e. The first-order valence-electron chi connectivity index (χ1n) is 12.9. The summed E-state index contributed by atoms with van der Waals surface area (Å²) < 4.78 is 14.1. The molecule has 0 aromatic heterocycles.